The van der Waals surface area contributed by atoms with Crippen LogP contribution >= 0.6 is 0 Å². The van der Waals surface area contributed by atoms with Gasteiger partial charge in [-0.2, -0.15) is 5.26 Å². The normalized spacial score (nSPS) is 11.6. The molecule has 1 rings (SSSR count). The fourth-order valence-corrected chi connectivity index (χ4v) is 0.808. The summed E-state index contributed by atoms with van der Waals surface area (Å²) >= 11 is 0. The number of benzene rings is 1. The number of nitrogens with zero attached hydrogens (tertiary/aromatic N) is 2. The zero-order valence-corrected chi connectivity index (χ0v) is 6.60. The van der Waals surface area contributed by atoms with Gasteiger partial charge in [-0.1, -0.05) is 0 Å². The minimum Gasteiger partial charge on any atom is -0.258 e. The summed E-state index contributed by atoms with van der Waals surface area (Å²) in [4.78, 5) is 9.79. The molecule has 0 bridgehead atoms. The minimum atomic E-state index is -0.501. The average molecular weight is 175 g/mol. The van der Waals surface area contributed by atoms with E-state index in [1.165, 1.54) is 30.3 Å². The van der Waals surface area contributed by atoms with E-state index in [1.54, 1.807) is 6.07 Å². The molecule has 0 aliphatic heterocycles. The van der Waals surface area contributed by atoms with Crippen LogP contribution in [0.2, 0.25) is 0 Å². The van der Waals surface area contributed by atoms with Gasteiger partial charge in [-0.15, -0.1) is 0 Å². The van der Waals surface area contributed by atoms with Crippen LogP contribution in [0.1, 0.15) is 6.93 Å². The highest BCUT2D eigenvalue weighted by Crippen LogP contribution is 2.12. The zero-order chi connectivity index (χ0) is 10.6. The Balaban J connectivity index is 2.96. The molecule has 0 radical (unpaired) electrons. The van der Waals surface area contributed by atoms with Crippen molar-refractivity contribution in [1.82, 2.24) is 0 Å². The summed E-state index contributed by atoms with van der Waals surface area (Å²) in [6.07, 6.45) is 1.34. The molecule has 4 heteroatoms. The molecule has 0 unspecified atom stereocenters. The van der Waals surface area contributed by atoms with Crippen molar-refractivity contribution in [2.45, 2.75) is 0 Å². The van der Waals surface area contributed by atoms with Gasteiger partial charge in [0, 0.05) is 18.2 Å². The molecule has 13 heavy (non-hydrogen) atoms. The zero-order valence-electron chi connectivity index (χ0n) is 7.60. The predicted molar refractivity (Wildman–Crippen MR) is 47.7 cm³/mol. The van der Waals surface area contributed by atoms with Gasteiger partial charge in [0.15, 0.2) is 0 Å². The van der Waals surface area contributed by atoms with Crippen LogP contribution in [0.5, 0.6) is 0 Å². The molecule has 0 aliphatic rings. The second kappa shape index (κ2) is 4.02. The van der Waals surface area contributed by atoms with E-state index in [0.717, 1.165) is 0 Å². The van der Waals surface area contributed by atoms with Crippen LogP contribution in [0.4, 0.5) is 5.69 Å². The highest BCUT2D eigenvalue weighted by Gasteiger charge is 2.01. The quantitative estimate of drug-likeness (QED) is 0.392. The lowest BCUT2D eigenvalue weighted by Crippen LogP contribution is -1.86. The summed E-state index contributed by atoms with van der Waals surface area (Å²) in [5.74, 6) is 0. The minimum absolute atomic E-state index is 0.00867. The van der Waals surface area contributed by atoms with Gasteiger partial charge >= 0.3 is 0 Å². The summed E-state index contributed by atoms with van der Waals surface area (Å²) in [5, 5.41) is 18.6. The van der Waals surface area contributed by atoms with Crippen molar-refractivity contribution >= 4 is 11.8 Å². The van der Waals surface area contributed by atoms with E-state index < -0.39 is 4.92 Å². The standard InChI is InChI=1S/C9H6N2O2/c10-7-1-2-8-3-5-9(6-4-8)11(12)13/h1-6H/b2-1+/i1D. The van der Waals surface area contributed by atoms with Gasteiger partial charge in [0.05, 0.1) is 12.4 Å². The van der Waals surface area contributed by atoms with Crippen LogP contribution in [-0.4, -0.2) is 4.92 Å². The maximum Gasteiger partial charge on any atom is 0.269 e. The molecule has 0 saturated carbocycles. The van der Waals surface area contributed by atoms with Crippen molar-refractivity contribution in [1.29, 1.82) is 5.26 Å². The summed E-state index contributed by atoms with van der Waals surface area (Å²) in [6, 6.07) is 7.10. The molecule has 0 spiro atoms. The van der Waals surface area contributed by atoms with E-state index in [9.17, 15) is 10.1 Å². The number of nitro benzene ring substituents is 1. The first-order valence-electron chi connectivity index (χ1n) is 3.96. The molecule has 0 aliphatic carbocycles. The number of rotatable bonds is 2. The van der Waals surface area contributed by atoms with E-state index >= 15 is 0 Å². The van der Waals surface area contributed by atoms with Crippen molar-refractivity contribution in [3.8, 4) is 6.07 Å². The Morgan fingerprint density at radius 1 is 1.54 bits per heavy atom. The third kappa shape index (κ3) is 2.42. The maximum atomic E-state index is 10.3. The van der Waals surface area contributed by atoms with Gasteiger partial charge in [0.1, 0.15) is 0 Å². The van der Waals surface area contributed by atoms with E-state index in [-0.39, 0.29) is 11.7 Å². The third-order valence-electron chi connectivity index (χ3n) is 1.41. The Bertz CT molecular complexity index is 417. The highest BCUT2D eigenvalue weighted by atomic mass is 16.6. The number of allylic oxidation sites excluding steroid dienone is 1. The largest absolute Gasteiger partial charge is 0.269 e. The third-order valence-corrected chi connectivity index (χ3v) is 1.41. The molecule has 1 aromatic rings. The SMILES string of the molecule is [2H]/C(C#N)=C\c1ccc([N+](=O)[O-])cc1. The molecule has 0 atom stereocenters. The lowest BCUT2D eigenvalue weighted by Gasteiger charge is -1.91. The fraction of sp³-hybridized carbons (Fsp3) is 0. The van der Waals surface area contributed by atoms with Crippen LogP contribution in [0, 0.1) is 21.4 Å². The Hall–Kier alpha value is -2.15. The molecule has 0 N–H and O–H groups in total. The van der Waals surface area contributed by atoms with E-state index in [0.29, 0.717) is 5.56 Å². The predicted octanol–water partition coefficient (Wildman–Crippen LogP) is 2.13. The lowest BCUT2D eigenvalue weighted by molar-refractivity contribution is -0.384. The Labute approximate surface area is 76.3 Å². The lowest BCUT2D eigenvalue weighted by atomic mass is 10.2. The summed E-state index contributed by atoms with van der Waals surface area (Å²) in [7, 11) is 0. The van der Waals surface area contributed by atoms with Gasteiger partial charge in [-0.25, -0.2) is 0 Å². The maximum absolute atomic E-state index is 10.3. The van der Waals surface area contributed by atoms with Gasteiger partial charge in [-0.05, 0) is 23.8 Å². The molecule has 4 nitrogen and oxygen atoms in total. The first-order valence-corrected chi connectivity index (χ1v) is 3.46. The van der Waals surface area contributed by atoms with Crippen LogP contribution < -0.4 is 0 Å². The van der Waals surface area contributed by atoms with E-state index in [4.69, 9.17) is 6.63 Å². The Kier molecular flexibility index (Phi) is 2.32. The van der Waals surface area contributed by atoms with E-state index in [1.807, 2.05) is 0 Å². The molecule has 0 saturated heterocycles. The molecule has 0 heterocycles. The first-order chi connectivity index (χ1) is 6.63. The second-order valence-electron chi connectivity index (χ2n) is 2.25. The average Bonchev–Trinajstić information content (AvgIpc) is 2.18. The number of non-ortho nitro benzene ring substituents is 1. The smallest absolute Gasteiger partial charge is 0.258 e. The van der Waals surface area contributed by atoms with Crippen molar-refractivity contribution in [3.63, 3.8) is 0 Å². The fourth-order valence-electron chi connectivity index (χ4n) is 0.808. The topological polar surface area (TPSA) is 66.9 Å². The monoisotopic (exact) mass is 175 g/mol. The van der Waals surface area contributed by atoms with Gasteiger partial charge in [0.25, 0.3) is 5.69 Å². The highest BCUT2D eigenvalue weighted by molar-refractivity contribution is 5.53. The van der Waals surface area contributed by atoms with Crippen molar-refractivity contribution in [2.75, 3.05) is 0 Å². The Morgan fingerprint density at radius 2 is 2.15 bits per heavy atom. The molecule has 0 aromatic heterocycles. The Morgan fingerprint density at radius 3 is 2.62 bits per heavy atom. The summed E-state index contributed by atoms with van der Waals surface area (Å²) in [6.45, 7) is 0. The molecule has 0 amide bonds. The molecular formula is C9H6N2O2. The number of hydrogen-bond donors (Lipinski definition) is 0. The van der Waals surface area contributed by atoms with Crippen molar-refractivity contribution in [2.24, 2.45) is 0 Å². The van der Waals surface area contributed by atoms with Crippen LogP contribution in [0.25, 0.3) is 6.08 Å². The van der Waals surface area contributed by atoms with Crippen LogP contribution in [0.3, 0.4) is 0 Å². The molecule has 0 fully saturated rings. The van der Waals surface area contributed by atoms with Gasteiger partial charge in [0.2, 0.25) is 0 Å². The number of nitriles is 1. The van der Waals surface area contributed by atoms with E-state index in [2.05, 4.69) is 0 Å². The number of hydrogen-bond acceptors (Lipinski definition) is 3. The van der Waals surface area contributed by atoms with Gasteiger partial charge < -0.3 is 0 Å². The van der Waals surface area contributed by atoms with Crippen LogP contribution in [0.15, 0.2) is 30.3 Å². The second-order valence-corrected chi connectivity index (χ2v) is 2.25. The first kappa shape index (κ1) is 7.50. The molecule has 1 aromatic carbocycles. The van der Waals surface area contributed by atoms with Crippen molar-refractivity contribution in [3.05, 3.63) is 46.0 Å². The van der Waals surface area contributed by atoms with Crippen LogP contribution in [-0.2, 0) is 0 Å². The van der Waals surface area contributed by atoms with Gasteiger partial charge in [-0.3, -0.25) is 10.1 Å². The van der Waals surface area contributed by atoms with Crippen molar-refractivity contribution < 1.29 is 6.29 Å². The number of nitro groups is 1. The molecule has 64 valence electrons. The summed E-state index contributed by atoms with van der Waals surface area (Å²) < 4.78 is 7.06. The summed E-state index contributed by atoms with van der Waals surface area (Å²) in [5.41, 5.74) is 0.591. The molecular weight excluding hydrogens is 168 g/mol.